The van der Waals surface area contributed by atoms with Crippen LogP contribution in [0, 0.1) is 0 Å². The van der Waals surface area contributed by atoms with E-state index in [1.165, 1.54) is 5.56 Å². The molecule has 0 aliphatic rings. The third kappa shape index (κ3) is 5.04. The molecule has 0 unspecified atom stereocenters. The van der Waals surface area contributed by atoms with Crippen LogP contribution in [0.1, 0.15) is 35.7 Å². The Labute approximate surface area is 170 Å². The molecule has 3 aromatic rings. The summed E-state index contributed by atoms with van der Waals surface area (Å²) in [4.78, 5) is 16.8. The van der Waals surface area contributed by atoms with Crippen molar-refractivity contribution in [2.75, 3.05) is 24.9 Å². The van der Waals surface area contributed by atoms with Gasteiger partial charge in [-0.2, -0.15) is 0 Å². The zero-order valence-electron chi connectivity index (χ0n) is 17.0. The van der Waals surface area contributed by atoms with E-state index < -0.39 is 0 Å². The molecule has 1 aromatic heterocycles. The molecule has 0 bridgehead atoms. The number of ether oxygens (including phenoxy) is 2. The van der Waals surface area contributed by atoms with Gasteiger partial charge in [-0.3, -0.25) is 4.79 Å². The molecular weight excluding hydrogens is 366 g/mol. The summed E-state index contributed by atoms with van der Waals surface area (Å²) in [5.41, 5.74) is 3.30. The van der Waals surface area contributed by atoms with Crippen molar-refractivity contribution < 1.29 is 14.3 Å². The first kappa shape index (κ1) is 20.2. The average molecular weight is 391 g/mol. The minimum absolute atomic E-state index is 0.252. The highest BCUT2D eigenvalue weighted by Crippen LogP contribution is 2.30. The monoisotopic (exact) mass is 391 g/mol. The summed E-state index contributed by atoms with van der Waals surface area (Å²) in [6.45, 7) is 4.32. The second-order valence-electron chi connectivity index (χ2n) is 6.86. The van der Waals surface area contributed by atoms with E-state index >= 15 is 0 Å². The molecule has 2 N–H and O–H groups in total. The molecule has 0 saturated heterocycles. The maximum Gasteiger partial charge on any atom is 0.257 e. The number of nitrogens with one attached hydrogen (secondary N) is 2. The van der Waals surface area contributed by atoms with Gasteiger partial charge in [-0.05, 0) is 47.9 Å². The standard InChI is InChI=1S/C23H25N3O3/c1-15(2)16-5-8-18(9-6-16)25-22-12-7-17(14-24-22)23(27)26-19-10-11-20(28-3)21(13-19)29-4/h5-15H,1-4H3,(H,24,25)(H,26,27). The maximum absolute atomic E-state index is 12.5. The van der Waals surface area contributed by atoms with Gasteiger partial charge in [-0.1, -0.05) is 26.0 Å². The fourth-order valence-electron chi connectivity index (χ4n) is 2.82. The van der Waals surface area contributed by atoms with Gasteiger partial charge in [0.2, 0.25) is 0 Å². The predicted molar refractivity (Wildman–Crippen MR) is 116 cm³/mol. The van der Waals surface area contributed by atoms with E-state index in [9.17, 15) is 4.79 Å². The van der Waals surface area contributed by atoms with Gasteiger partial charge in [-0.25, -0.2) is 4.98 Å². The van der Waals surface area contributed by atoms with Crippen molar-refractivity contribution in [3.05, 3.63) is 71.9 Å². The summed E-state index contributed by atoms with van der Waals surface area (Å²) in [6, 6.07) is 16.9. The number of nitrogens with zero attached hydrogens (tertiary/aromatic N) is 1. The second-order valence-corrected chi connectivity index (χ2v) is 6.86. The van der Waals surface area contributed by atoms with Crippen molar-refractivity contribution in [3.63, 3.8) is 0 Å². The fourth-order valence-corrected chi connectivity index (χ4v) is 2.82. The van der Waals surface area contributed by atoms with Crippen LogP contribution >= 0.6 is 0 Å². The number of aromatic nitrogens is 1. The van der Waals surface area contributed by atoms with Crippen LogP contribution in [0.3, 0.4) is 0 Å². The summed E-state index contributed by atoms with van der Waals surface area (Å²) in [5.74, 6) is 2.06. The Hall–Kier alpha value is -3.54. The number of anilines is 3. The lowest BCUT2D eigenvalue weighted by Gasteiger charge is -2.11. The largest absolute Gasteiger partial charge is 0.493 e. The molecule has 0 atom stereocenters. The van der Waals surface area contributed by atoms with E-state index in [0.29, 0.717) is 34.5 Å². The van der Waals surface area contributed by atoms with Crippen molar-refractivity contribution >= 4 is 23.1 Å². The number of carbonyl (C=O) groups is 1. The summed E-state index contributed by atoms with van der Waals surface area (Å²) in [5, 5.41) is 6.08. The highest BCUT2D eigenvalue weighted by molar-refractivity contribution is 6.04. The number of hydrogen-bond donors (Lipinski definition) is 2. The van der Waals surface area contributed by atoms with Gasteiger partial charge in [-0.15, -0.1) is 0 Å². The lowest BCUT2D eigenvalue weighted by atomic mass is 10.0. The van der Waals surface area contributed by atoms with E-state index in [-0.39, 0.29) is 5.91 Å². The van der Waals surface area contributed by atoms with Crippen LogP contribution < -0.4 is 20.1 Å². The molecule has 0 aliphatic heterocycles. The third-order valence-electron chi connectivity index (χ3n) is 4.52. The molecule has 0 radical (unpaired) electrons. The minimum Gasteiger partial charge on any atom is -0.493 e. The molecule has 3 rings (SSSR count). The summed E-state index contributed by atoms with van der Waals surface area (Å²) in [7, 11) is 3.12. The zero-order valence-corrected chi connectivity index (χ0v) is 17.0. The quantitative estimate of drug-likeness (QED) is 0.578. The van der Waals surface area contributed by atoms with E-state index in [1.54, 1.807) is 50.7 Å². The normalized spacial score (nSPS) is 10.5. The molecule has 1 heterocycles. The van der Waals surface area contributed by atoms with Gasteiger partial charge in [0.1, 0.15) is 5.82 Å². The molecule has 6 nitrogen and oxygen atoms in total. The SMILES string of the molecule is COc1ccc(NC(=O)c2ccc(Nc3ccc(C(C)C)cc3)nc2)cc1OC. The third-order valence-corrected chi connectivity index (χ3v) is 4.52. The first-order valence-corrected chi connectivity index (χ1v) is 9.36. The molecule has 2 aromatic carbocycles. The van der Waals surface area contributed by atoms with E-state index in [2.05, 4.69) is 41.6 Å². The molecular formula is C23H25N3O3. The Bertz CT molecular complexity index is 968. The molecule has 0 spiro atoms. The highest BCUT2D eigenvalue weighted by atomic mass is 16.5. The number of benzene rings is 2. The van der Waals surface area contributed by atoms with E-state index in [1.807, 2.05) is 12.1 Å². The highest BCUT2D eigenvalue weighted by Gasteiger charge is 2.10. The number of hydrogen-bond acceptors (Lipinski definition) is 5. The van der Waals surface area contributed by atoms with Crippen LogP contribution in [-0.4, -0.2) is 25.1 Å². The van der Waals surface area contributed by atoms with Gasteiger partial charge in [0.15, 0.2) is 11.5 Å². The van der Waals surface area contributed by atoms with Crippen molar-refractivity contribution in [3.8, 4) is 11.5 Å². The Balaban J connectivity index is 1.65. The number of pyridine rings is 1. The van der Waals surface area contributed by atoms with Gasteiger partial charge >= 0.3 is 0 Å². The number of rotatable bonds is 7. The zero-order chi connectivity index (χ0) is 20.8. The Kier molecular flexibility index (Phi) is 6.34. The van der Waals surface area contributed by atoms with Crippen LogP contribution in [0.4, 0.5) is 17.2 Å². The van der Waals surface area contributed by atoms with Gasteiger partial charge in [0.25, 0.3) is 5.91 Å². The first-order chi connectivity index (χ1) is 14.0. The van der Waals surface area contributed by atoms with Crippen LogP contribution in [0.5, 0.6) is 11.5 Å². The van der Waals surface area contributed by atoms with Gasteiger partial charge < -0.3 is 20.1 Å². The van der Waals surface area contributed by atoms with Crippen LogP contribution in [-0.2, 0) is 0 Å². The smallest absolute Gasteiger partial charge is 0.257 e. The molecule has 1 amide bonds. The molecule has 0 saturated carbocycles. The predicted octanol–water partition coefficient (Wildman–Crippen LogP) is 5.22. The summed E-state index contributed by atoms with van der Waals surface area (Å²) in [6.07, 6.45) is 1.54. The van der Waals surface area contributed by atoms with Crippen molar-refractivity contribution in [2.24, 2.45) is 0 Å². The van der Waals surface area contributed by atoms with Crippen molar-refractivity contribution in [1.82, 2.24) is 4.98 Å². The van der Waals surface area contributed by atoms with Gasteiger partial charge in [0, 0.05) is 23.6 Å². The first-order valence-electron chi connectivity index (χ1n) is 9.36. The van der Waals surface area contributed by atoms with Crippen LogP contribution in [0.15, 0.2) is 60.8 Å². The van der Waals surface area contributed by atoms with E-state index in [0.717, 1.165) is 5.69 Å². The fraction of sp³-hybridized carbons (Fsp3) is 0.217. The van der Waals surface area contributed by atoms with E-state index in [4.69, 9.17) is 9.47 Å². The Morgan fingerprint density at radius 2 is 1.59 bits per heavy atom. The summed E-state index contributed by atoms with van der Waals surface area (Å²) < 4.78 is 10.5. The number of carbonyl (C=O) groups excluding carboxylic acids is 1. The average Bonchev–Trinajstić information content (AvgIpc) is 2.74. The van der Waals surface area contributed by atoms with Crippen molar-refractivity contribution in [2.45, 2.75) is 19.8 Å². The van der Waals surface area contributed by atoms with Crippen molar-refractivity contribution in [1.29, 1.82) is 0 Å². The van der Waals surface area contributed by atoms with Crippen LogP contribution in [0.2, 0.25) is 0 Å². The molecule has 6 heteroatoms. The lowest BCUT2D eigenvalue weighted by molar-refractivity contribution is 0.102. The maximum atomic E-state index is 12.5. The number of methoxy groups -OCH3 is 2. The second kappa shape index (κ2) is 9.10. The molecule has 150 valence electrons. The molecule has 29 heavy (non-hydrogen) atoms. The lowest BCUT2D eigenvalue weighted by Crippen LogP contribution is -2.12. The van der Waals surface area contributed by atoms with Crippen LogP contribution in [0.25, 0.3) is 0 Å². The topological polar surface area (TPSA) is 72.5 Å². The number of amides is 1. The minimum atomic E-state index is -0.252. The summed E-state index contributed by atoms with van der Waals surface area (Å²) >= 11 is 0. The molecule has 0 fully saturated rings. The molecule has 0 aliphatic carbocycles. The Morgan fingerprint density at radius 3 is 2.17 bits per heavy atom. The Morgan fingerprint density at radius 1 is 0.897 bits per heavy atom. The van der Waals surface area contributed by atoms with Gasteiger partial charge in [0.05, 0.1) is 19.8 Å².